The van der Waals surface area contributed by atoms with E-state index in [2.05, 4.69) is 10.3 Å². The van der Waals surface area contributed by atoms with E-state index in [9.17, 15) is 4.79 Å². The average molecular weight is 736 g/mol. The molecule has 13 heteroatoms. The molecule has 0 fully saturated rings. The Morgan fingerprint density at radius 1 is 0.774 bits per heavy atom. The summed E-state index contributed by atoms with van der Waals surface area (Å²) in [6.07, 6.45) is 3.18. The third kappa shape index (κ3) is 7.75. The van der Waals surface area contributed by atoms with Crippen LogP contribution in [0.15, 0.2) is 66.7 Å². The minimum absolute atomic E-state index is 0.185. The van der Waals surface area contributed by atoms with Crippen molar-refractivity contribution in [1.29, 1.82) is 0 Å². The highest BCUT2D eigenvalue weighted by atomic mass is 32.1. The van der Waals surface area contributed by atoms with Crippen LogP contribution in [0.25, 0.3) is 33.8 Å². The summed E-state index contributed by atoms with van der Waals surface area (Å²) < 4.78 is 35.8. The molecule has 0 spiro atoms. The Morgan fingerprint density at radius 2 is 1.47 bits per heavy atom. The summed E-state index contributed by atoms with van der Waals surface area (Å²) >= 11 is 1.38. The van der Waals surface area contributed by atoms with Crippen molar-refractivity contribution >= 4 is 45.6 Å². The summed E-state index contributed by atoms with van der Waals surface area (Å²) in [4.78, 5) is 20.8. The van der Waals surface area contributed by atoms with Crippen molar-refractivity contribution in [3.05, 3.63) is 94.7 Å². The van der Waals surface area contributed by atoms with Gasteiger partial charge in [-0.25, -0.2) is 14.5 Å². The normalized spacial score (nSPS) is 11.2. The van der Waals surface area contributed by atoms with Gasteiger partial charge in [0.25, 0.3) is 0 Å². The lowest BCUT2D eigenvalue weighted by atomic mass is 10.1. The van der Waals surface area contributed by atoms with Crippen molar-refractivity contribution in [3.63, 3.8) is 0 Å². The van der Waals surface area contributed by atoms with E-state index in [4.69, 9.17) is 33.4 Å². The predicted octanol–water partition coefficient (Wildman–Crippen LogP) is 8.61. The molecule has 4 aromatic carbocycles. The maximum atomic E-state index is 14.4. The number of hydrogen-bond acceptors (Lipinski definition) is 11. The number of carbonyl (C=O) groups excluding carboxylic acids is 1. The number of methoxy groups -OCH3 is 5. The number of nitrogens with zero attached hydrogens (tertiary/aromatic N) is 5. The largest absolute Gasteiger partial charge is 0.496 e. The van der Waals surface area contributed by atoms with E-state index in [1.807, 2.05) is 92.2 Å². The molecule has 0 unspecified atom stereocenters. The summed E-state index contributed by atoms with van der Waals surface area (Å²) in [5, 5.41) is 9.93. The van der Waals surface area contributed by atoms with Gasteiger partial charge in [-0.05, 0) is 91.6 Å². The summed E-state index contributed by atoms with van der Waals surface area (Å²) in [6, 6.07) is 20.9. The highest BCUT2D eigenvalue weighted by Crippen LogP contribution is 2.41. The molecule has 0 aliphatic rings. The first kappa shape index (κ1) is 36.7. The highest BCUT2D eigenvalue weighted by Gasteiger charge is 2.26. The molecular formula is C40H41N5O7S. The van der Waals surface area contributed by atoms with Gasteiger partial charge in [0.2, 0.25) is 5.75 Å². The molecule has 6 rings (SSSR count). The highest BCUT2D eigenvalue weighted by molar-refractivity contribution is 7.19. The number of thiazole rings is 1. The molecule has 12 nitrogen and oxygen atoms in total. The molecule has 0 radical (unpaired) electrons. The molecule has 6 aromatic rings. The number of fused-ring (bicyclic) bond motifs is 1. The van der Waals surface area contributed by atoms with Crippen molar-refractivity contribution in [2.45, 2.75) is 33.9 Å². The quantitative estimate of drug-likeness (QED) is 0.107. The van der Waals surface area contributed by atoms with Gasteiger partial charge in [-0.2, -0.15) is 0 Å². The standard InChI is InChI=1S/C40H41N5O7S/c1-9-45-31-16-13-28(19-30(31)42-43-45)23-44(39-25(3)41-38(53-39)29-15-10-24(2)18-33(29)48-5)40(46)52-34-20-26(14-17-32(34)47-4)11-12-27-21-35(49-6)37(51-8)36(22-27)50-7/h10-22H,9,23H2,1-8H3/b12-11-. The first-order valence-electron chi connectivity index (χ1n) is 16.8. The summed E-state index contributed by atoms with van der Waals surface area (Å²) in [7, 11) is 7.87. The van der Waals surface area contributed by atoms with Gasteiger partial charge in [0.05, 0.1) is 58.9 Å². The molecule has 2 heterocycles. The minimum Gasteiger partial charge on any atom is -0.496 e. The Labute approximate surface area is 312 Å². The number of aromatic nitrogens is 4. The van der Waals surface area contributed by atoms with E-state index in [1.54, 1.807) is 45.5 Å². The number of rotatable bonds is 13. The van der Waals surface area contributed by atoms with Crippen molar-refractivity contribution in [3.8, 4) is 45.1 Å². The average Bonchev–Trinajstić information content (AvgIpc) is 3.77. The van der Waals surface area contributed by atoms with Crippen LogP contribution in [0.1, 0.15) is 34.9 Å². The van der Waals surface area contributed by atoms with E-state index < -0.39 is 6.09 Å². The topological polar surface area (TPSA) is 119 Å². The molecule has 0 saturated carbocycles. The van der Waals surface area contributed by atoms with Crippen LogP contribution >= 0.6 is 11.3 Å². The second-order valence-electron chi connectivity index (χ2n) is 12.0. The molecule has 274 valence electrons. The number of benzene rings is 4. The lowest BCUT2D eigenvalue weighted by molar-refractivity contribution is 0.205. The van der Waals surface area contributed by atoms with Gasteiger partial charge >= 0.3 is 6.09 Å². The summed E-state index contributed by atoms with van der Waals surface area (Å²) in [5.41, 5.74) is 6.63. The van der Waals surface area contributed by atoms with Gasteiger partial charge in [-0.1, -0.05) is 46.9 Å². The number of ether oxygens (including phenoxy) is 6. The van der Waals surface area contributed by atoms with E-state index in [-0.39, 0.29) is 12.3 Å². The van der Waals surface area contributed by atoms with E-state index in [0.29, 0.717) is 51.0 Å². The number of aryl methyl sites for hydroxylation is 3. The van der Waals surface area contributed by atoms with Crippen LogP contribution < -0.4 is 33.3 Å². The van der Waals surface area contributed by atoms with Crippen LogP contribution in [0.5, 0.6) is 34.5 Å². The zero-order chi connectivity index (χ0) is 37.6. The fourth-order valence-electron chi connectivity index (χ4n) is 5.90. The second kappa shape index (κ2) is 16.1. The van der Waals surface area contributed by atoms with Crippen LogP contribution in [-0.4, -0.2) is 61.6 Å². The van der Waals surface area contributed by atoms with Crippen LogP contribution in [0, 0.1) is 13.8 Å². The molecule has 0 bridgehead atoms. The van der Waals surface area contributed by atoms with Crippen LogP contribution in [0.3, 0.4) is 0 Å². The molecule has 0 N–H and O–H groups in total. The Balaban J connectivity index is 1.36. The first-order chi connectivity index (χ1) is 25.7. The third-order valence-electron chi connectivity index (χ3n) is 8.58. The number of hydrogen-bond donors (Lipinski definition) is 0. The lowest BCUT2D eigenvalue weighted by Crippen LogP contribution is -2.33. The van der Waals surface area contributed by atoms with Gasteiger partial charge in [0.15, 0.2) is 23.0 Å². The van der Waals surface area contributed by atoms with Crippen molar-refractivity contribution in [2.75, 3.05) is 40.4 Å². The third-order valence-corrected chi connectivity index (χ3v) is 9.80. The van der Waals surface area contributed by atoms with Gasteiger partial charge < -0.3 is 28.4 Å². The zero-order valence-electron chi connectivity index (χ0n) is 30.9. The maximum absolute atomic E-state index is 14.4. The molecule has 0 aliphatic heterocycles. The molecule has 1 amide bonds. The Kier molecular flexibility index (Phi) is 11.1. The molecule has 2 aromatic heterocycles. The zero-order valence-corrected chi connectivity index (χ0v) is 31.7. The SMILES string of the molecule is CCn1nnc2cc(CN(C(=O)Oc3cc(/C=C\c4cc(OC)c(OC)c(OC)c4)ccc3OC)c3sc(-c4ccc(C)cc4OC)nc3C)ccc21. The molecule has 0 aliphatic carbocycles. The van der Waals surface area contributed by atoms with Crippen molar-refractivity contribution in [1.82, 2.24) is 20.0 Å². The molecule has 0 saturated heterocycles. The Bertz CT molecular complexity index is 2270. The van der Waals surface area contributed by atoms with E-state index >= 15 is 0 Å². The maximum Gasteiger partial charge on any atom is 0.420 e. The van der Waals surface area contributed by atoms with E-state index in [0.717, 1.165) is 38.9 Å². The van der Waals surface area contributed by atoms with Crippen molar-refractivity contribution in [2.24, 2.45) is 0 Å². The predicted molar refractivity (Wildman–Crippen MR) is 207 cm³/mol. The van der Waals surface area contributed by atoms with E-state index in [1.165, 1.54) is 18.4 Å². The van der Waals surface area contributed by atoms with Crippen LogP contribution in [0.2, 0.25) is 0 Å². The van der Waals surface area contributed by atoms with Gasteiger partial charge in [-0.3, -0.25) is 4.90 Å². The Hall–Kier alpha value is -6.08. The lowest BCUT2D eigenvalue weighted by Gasteiger charge is -2.22. The van der Waals surface area contributed by atoms with Crippen LogP contribution in [0.4, 0.5) is 9.80 Å². The number of amides is 1. The van der Waals surface area contributed by atoms with Crippen LogP contribution in [-0.2, 0) is 13.1 Å². The monoisotopic (exact) mass is 735 g/mol. The fraction of sp³-hybridized carbons (Fsp3) is 0.250. The molecule has 53 heavy (non-hydrogen) atoms. The molecular weight excluding hydrogens is 695 g/mol. The first-order valence-corrected chi connectivity index (χ1v) is 17.6. The van der Waals surface area contributed by atoms with Crippen molar-refractivity contribution < 1.29 is 33.2 Å². The summed E-state index contributed by atoms with van der Waals surface area (Å²) in [6.45, 7) is 6.77. The Morgan fingerprint density at radius 3 is 2.15 bits per heavy atom. The fourth-order valence-corrected chi connectivity index (χ4v) is 6.98. The number of anilines is 1. The minimum atomic E-state index is -0.611. The smallest absolute Gasteiger partial charge is 0.420 e. The molecule has 0 atom stereocenters. The van der Waals surface area contributed by atoms with Gasteiger partial charge in [0, 0.05) is 6.54 Å². The summed E-state index contributed by atoms with van der Waals surface area (Å²) in [5.74, 6) is 2.92. The number of carbonyl (C=O) groups is 1. The second-order valence-corrected chi connectivity index (χ2v) is 13.0. The van der Waals surface area contributed by atoms with Gasteiger partial charge in [0.1, 0.15) is 21.3 Å². The van der Waals surface area contributed by atoms with Gasteiger partial charge in [-0.15, -0.1) is 5.10 Å².